The summed E-state index contributed by atoms with van der Waals surface area (Å²) in [5.74, 6) is 0.853. The summed E-state index contributed by atoms with van der Waals surface area (Å²) in [6.45, 7) is 2.19. The Morgan fingerprint density at radius 2 is 2.39 bits per heavy atom. The molecule has 1 aliphatic rings. The minimum atomic E-state index is -0.354. The fraction of sp³-hybridized carbons (Fsp3) is 0.615. The molecular formula is C13H19FN2OS. The maximum Gasteiger partial charge on any atom is 0.250 e. The number of methoxy groups -OCH3 is 1. The molecule has 100 valence electrons. The lowest BCUT2D eigenvalue weighted by Gasteiger charge is -2.33. The Hall–Kier alpha value is -0.810. The highest BCUT2D eigenvalue weighted by molar-refractivity contribution is 8.00. The lowest BCUT2D eigenvalue weighted by molar-refractivity contribution is 0.356. The van der Waals surface area contributed by atoms with Crippen LogP contribution >= 0.6 is 11.8 Å². The molecule has 18 heavy (non-hydrogen) atoms. The van der Waals surface area contributed by atoms with E-state index in [2.05, 4.69) is 17.2 Å². The Morgan fingerprint density at radius 3 is 2.94 bits per heavy atom. The van der Waals surface area contributed by atoms with E-state index < -0.39 is 0 Å². The Bertz CT molecular complexity index is 421. The van der Waals surface area contributed by atoms with E-state index in [1.807, 2.05) is 18.8 Å². The summed E-state index contributed by atoms with van der Waals surface area (Å²) in [6.07, 6.45) is 3.88. The highest BCUT2D eigenvalue weighted by Crippen LogP contribution is 2.47. The maximum atomic E-state index is 14.3. The molecule has 2 atom stereocenters. The summed E-state index contributed by atoms with van der Waals surface area (Å²) in [7, 11) is 3.32. The van der Waals surface area contributed by atoms with Crippen LogP contribution in [-0.2, 0) is 0 Å². The zero-order valence-corrected chi connectivity index (χ0v) is 11.8. The van der Waals surface area contributed by atoms with E-state index in [9.17, 15) is 4.39 Å². The van der Waals surface area contributed by atoms with Crippen LogP contribution in [0, 0.1) is 5.82 Å². The van der Waals surface area contributed by atoms with Gasteiger partial charge in [0.1, 0.15) is 0 Å². The molecule has 0 saturated carbocycles. The van der Waals surface area contributed by atoms with Crippen molar-refractivity contribution >= 4 is 11.8 Å². The number of nitrogens with one attached hydrogen (secondary N) is 1. The van der Waals surface area contributed by atoms with E-state index in [-0.39, 0.29) is 22.5 Å². The zero-order valence-electron chi connectivity index (χ0n) is 11.0. The van der Waals surface area contributed by atoms with Gasteiger partial charge in [-0.1, -0.05) is 0 Å². The number of aromatic nitrogens is 1. The first-order chi connectivity index (χ1) is 8.62. The van der Waals surface area contributed by atoms with Crippen molar-refractivity contribution in [3.8, 4) is 5.88 Å². The summed E-state index contributed by atoms with van der Waals surface area (Å²) in [6, 6.07) is 1.71. The molecule has 0 amide bonds. The van der Waals surface area contributed by atoms with Crippen LogP contribution in [0.3, 0.4) is 0 Å². The molecule has 3 nitrogen and oxygen atoms in total. The van der Waals surface area contributed by atoms with Gasteiger partial charge in [0.05, 0.1) is 7.11 Å². The van der Waals surface area contributed by atoms with Gasteiger partial charge in [-0.3, -0.25) is 0 Å². The Morgan fingerprint density at radius 1 is 1.61 bits per heavy atom. The van der Waals surface area contributed by atoms with Crippen LogP contribution in [0.4, 0.5) is 4.39 Å². The van der Waals surface area contributed by atoms with E-state index in [1.165, 1.54) is 13.5 Å². The van der Waals surface area contributed by atoms with Crippen LogP contribution in [0.25, 0.3) is 0 Å². The predicted octanol–water partition coefficient (Wildman–Crippen LogP) is 2.78. The lowest BCUT2D eigenvalue weighted by Crippen LogP contribution is -2.36. The van der Waals surface area contributed by atoms with E-state index in [0.29, 0.717) is 5.56 Å². The molecular weight excluding hydrogens is 251 g/mol. The zero-order chi connectivity index (χ0) is 13.2. The number of thioether (sulfide) groups is 1. The molecule has 1 fully saturated rings. The van der Waals surface area contributed by atoms with Crippen LogP contribution in [0.1, 0.15) is 31.4 Å². The standard InChI is InChI=1S/C13H19FN2OS/c1-13(6-4-8-18-13)11(15-2)9-5-7-16-12(17-3)10(9)14/h5,7,11,15H,4,6,8H2,1-3H3. The molecule has 2 unspecified atom stereocenters. The Labute approximate surface area is 112 Å². The summed E-state index contributed by atoms with van der Waals surface area (Å²) < 4.78 is 19.3. The van der Waals surface area contributed by atoms with Gasteiger partial charge in [-0.25, -0.2) is 9.37 Å². The van der Waals surface area contributed by atoms with Crippen molar-refractivity contribution in [1.82, 2.24) is 10.3 Å². The minimum Gasteiger partial charge on any atom is -0.479 e. The third-order valence-corrected chi connectivity index (χ3v) is 5.13. The number of hydrogen-bond donors (Lipinski definition) is 1. The summed E-state index contributed by atoms with van der Waals surface area (Å²) in [4.78, 5) is 3.89. The molecule has 0 aliphatic carbocycles. The van der Waals surface area contributed by atoms with Gasteiger partial charge in [-0.15, -0.1) is 0 Å². The van der Waals surface area contributed by atoms with Gasteiger partial charge in [0.25, 0.3) is 0 Å². The van der Waals surface area contributed by atoms with Gasteiger partial charge in [-0.05, 0) is 38.6 Å². The normalized spacial score (nSPS) is 25.1. The third-order valence-electron chi connectivity index (χ3n) is 3.54. The second-order valence-electron chi connectivity index (χ2n) is 4.71. The SMILES string of the molecule is CNC(c1ccnc(OC)c1F)C1(C)CCCS1. The first kappa shape index (κ1) is 13.6. The van der Waals surface area contributed by atoms with Crippen molar-refractivity contribution in [3.63, 3.8) is 0 Å². The Kier molecular flexibility index (Phi) is 4.12. The molecule has 0 aromatic carbocycles. The summed E-state index contributed by atoms with van der Waals surface area (Å²) in [5.41, 5.74) is 0.640. The number of hydrogen-bond acceptors (Lipinski definition) is 4. The third kappa shape index (κ3) is 2.34. The number of halogens is 1. The largest absolute Gasteiger partial charge is 0.479 e. The van der Waals surface area contributed by atoms with Crippen molar-refractivity contribution in [2.24, 2.45) is 0 Å². The molecule has 1 aromatic rings. The van der Waals surface area contributed by atoms with Crippen molar-refractivity contribution in [1.29, 1.82) is 0 Å². The monoisotopic (exact) mass is 270 g/mol. The summed E-state index contributed by atoms with van der Waals surface area (Å²) >= 11 is 1.90. The quantitative estimate of drug-likeness (QED) is 0.912. The van der Waals surface area contributed by atoms with Gasteiger partial charge < -0.3 is 10.1 Å². The van der Waals surface area contributed by atoms with E-state index in [4.69, 9.17) is 4.74 Å². The van der Waals surface area contributed by atoms with Crippen molar-refractivity contribution in [2.45, 2.75) is 30.6 Å². The van der Waals surface area contributed by atoms with E-state index >= 15 is 0 Å². The molecule has 0 bridgehead atoms. The molecule has 1 N–H and O–H groups in total. The molecule has 0 spiro atoms. The summed E-state index contributed by atoms with van der Waals surface area (Å²) in [5, 5.41) is 3.25. The maximum absolute atomic E-state index is 14.3. The number of pyridine rings is 1. The van der Waals surface area contributed by atoms with Gasteiger partial charge >= 0.3 is 0 Å². The number of rotatable bonds is 4. The molecule has 0 radical (unpaired) electrons. The molecule has 2 heterocycles. The smallest absolute Gasteiger partial charge is 0.250 e. The second kappa shape index (κ2) is 5.45. The van der Waals surface area contributed by atoms with Crippen molar-refractivity contribution in [3.05, 3.63) is 23.6 Å². The fourth-order valence-electron chi connectivity index (χ4n) is 2.62. The van der Waals surface area contributed by atoms with Crippen LogP contribution in [-0.4, -0.2) is 29.6 Å². The lowest BCUT2D eigenvalue weighted by atomic mass is 9.90. The van der Waals surface area contributed by atoms with Crippen LogP contribution in [0.15, 0.2) is 12.3 Å². The van der Waals surface area contributed by atoms with Gasteiger partial charge in [-0.2, -0.15) is 11.8 Å². The van der Waals surface area contributed by atoms with Crippen LogP contribution in [0.2, 0.25) is 0 Å². The molecule has 5 heteroatoms. The molecule has 1 saturated heterocycles. The highest BCUT2D eigenvalue weighted by atomic mass is 32.2. The average Bonchev–Trinajstić information content (AvgIpc) is 2.80. The first-order valence-electron chi connectivity index (χ1n) is 6.12. The van der Waals surface area contributed by atoms with Gasteiger partial charge in [0.15, 0.2) is 5.82 Å². The predicted molar refractivity (Wildman–Crippen MR) is 72.6 cm³/mol. The van der Waals surface area contributed by atoms with Crippen molar-refractivity contribution < 1.29 is 9.13 Å². The number of nitrogens with zero attached hydrogens (tertiary/aromatic N) is 1. The van der Waals surface area contributed by atoms with Crippen molar-refractivity contribution in [2.75, 3.05) is 19.9 Å². The fourth-order valence-corrected chi connectivity index (χ4v) is 4.08. The van der Waals surface area contributed by atoms with E-state index in [0.717, 1.165) is 12.2 Å². The highest BCUT2D eigenvalue weighted by Gasteiger charge is 2.39. The molecule has 1 aliphatic heterocycles. The first-order valence-corrected chi connectivity index (χ1v) is 7.10. The Balaban J connectivity index is 2.38. The molecule has 1 aromatic heterocycles. The van der Waals surface area contributed by atoms with Crippen LogP contribution in [0.5, 0.6) is 5.88 Å². The van der Waals surface area contributed by atoms with Crippen LogP contribution < -0.4 is 10.1 Å². The molecule has 2 rings (SSSR count). The van der Waals surface area contributed by atoms with E-state index in [1.54, 1.807) is 12.3 Å². The number of ether oxygens (including phenoxy) is 1. The average molecular weight is 270 g/mol. The topological polar surface area (TPSA) is 34.2 Å². The second-order valence-corrected chi connectivity index (χ2v) is 6.34. The van der Waals surface area contributed by atoms with Gasteiger partial charge in [0, 0.05) is 22.5 Å². The minimum absolute atomic E-state index is 0.0260. The van der Waals surface area contributed by atoms with Gasteiger partial charge in [0.2, 0.25) is 5.88 Å².